The van der Waals surface area contributed by atoms with Crippen LogP contribution in [-0.2, 0) is 4.79 Å². The smallest absolute Gasteiger partial charge is 0.270 e. The van der Waals surface area contributed by atoms with Crippen LogP contribution in [0.1, 0.15) is 10.5 Å². The topological polar surface area (TPSA) is 88.9 Å². The minimum atomic E-state index is -0.419. The van der Waals surface area contributed by atoms with Crippen LogP contribution in [0.15, 0.2) is 85.2 Å². The van der Waals surface area contributed by atoms with Crippen LogP contribution in [-0.4, -0.2) is 33.1 Å². The van der Waals surface area contributed by atoms with Crippen molar-refractivity contribution in [3.8, 4) is 16.9 Å². The van der Waals surface area contributed by atoms with Crippen molar-refractivity contribution in [1.29, 1.82) is 0 Å². The van der Waals surface area contributed by atoms with Gasteiger partial charge in [-0.25, -0.2) is 4.68 Å². The Hall–Kier alpha value is -3.97. The quantitative estimate of drug-likeness (QED) is 0.483. The molecule has 2 heterocycles. The van der Waals surface area contributed by atoms with Crippen molar-refractivity contribution in [1.82, 2.24) is 20.1 Å². The first-order chi connectivity index (χ1) is 15.1. The number of aromatic nitrogens is 3. The van der Waals surface area contributed by atoms with E-state index in [1.54, 1.807) is 41.2 Å². The Kier molecular flexibility index (Phi) is 6.05. The second-order valence-corrected chi connectivity index (χ2v) is 7.08. The van der Waals surface area contributed by atoms with Gasteiger partial charge in [-0.3, -0.25) is 14.6 Å². The van der Waals surface area contributed by atoms with Crippen molar-refractivity contribution < 1.29 is 9.59 Å². The SMILES string of the molecule is O=C(CNC(=O)c1cc(-c2ccc(Cl)cc2)nn1-c1ccccc1)Nc1cccnc1. The van der Waals surface area contributed by atoms with Gasteiger partial charge >= 0.3 is 0 Å². The number of rotatable bonds is 6. The van der Waals surface area contributed by atoms with Gasteiger partial charge in [-0.15, -0.1) is 0 Å². The van der Waals surface area contributed by atoms with Crippen molar-refractivity contribution >= 4 is 29.1 Å². The molecule has 0 fully saturated rings. The van der Waals surface area contributed by atoms with Crippen molar-refractivity contribution in [3.63, 3.8) is 0 Å². The highest BCUT2D eigenvalue weighted by Crippen LogP contribution is 2.23. The number of carbonyl (C=O) groups is 2. The summed E-state index contributed by atoms with van der Waals surface area (Å²) in [6.45, 7) is -0.191. The molecule has 0 atom stereocenters. The fourth-order valence-corrected chi connectivity index (χ4v) is 3.09. The first-order valence-electron chi connectivity index (χ1n) is 9.49. The van der Waals surface area contributed by atoms with Crippen molar-refractivity contribution in [2.24, 2.45) is 0 Å². The number of pyridine rings is 1. The first kappa shape index (κ1) is 20.3. The molecule has 0 spiro atoms. The number of benzene rings is 2. The Balaban J connectivity index is 1.56. The molecule has 0 radical (unpaired) electrons. The summed E-state index contributed by atoms with van der Waals surface area (Å²) in [6, 6.07) is 21.6. The van der Waals surface area contributed by atoms with Crippen LogP contribution in [0.5, 0.6) is 0 Å². The van der Waals surface area contributed by atoms with E-state index < -0.39 is 5.91 Å². The molecule has 31 heavy (non-hydrogen) atoms. The Labute approximate surface area is 183 Å². The summed E-state index contributed by atoms with van der Waals surface area (Å²) >= 11 is 5.98. The molecule has 2 aromatic carbocycles. The van der Waals surface area contributed by atoms with Crippen LogP contribution >= 0.6 is 11.6 Å². The van der Waals surface area contributed by atoms with Crippen molar-refractivity contribution in [3.05, 3.63) is 95.9 Å². The van der Waals surface area contributed by atoms with Crippen LogP contribution in [0.4, 0.5) is 5.69 Å². The third-order valence-corrected chi connectivity index (χ3v) is 4.69. The molecule has 0 bridgehead atoms. The lowest BCUT2D eigenvalue weighted by molar-refractivity contribution is -0.115. The largest absolute Gasteiger partial charge is 0.342 e. The maximum atomic E-state index is 12.9. The second kappa shape index (κ2) is 9.23. The van der Waals surface area contributed by atoms with Gasteiger partial charge in [0.25, 0.3) is 5.91 Å². The van der Waals surface area contributed by atoms with Crippen LogP contribution in [0.2, 0.25) is 5.02 Å². The molecule has 0 aliphatic rings. The lowest BCUT2D eigenvalue weighted by Gasteiger charge is -2.09. The highest BCUT2D eigenvalue weighted by atomic mass is 35.5. The van der Waals surface area contributed by atoms with E-state index in [1.165, 1.54) is 6.20 Å². The van der Waals surface area contributed by atoms with Gasteiger partial charge in [0.05, 0.1) is 29.8 Å². The average molecular weight is 432 g/mol. The summed E-state index contributed by atoms with van der Waals surface area (Å²) in [7, 11) is 0. The summed E-state index contributed by atoms with van der Waals surface area (Å²) in [5.74, 6) is -0.775. The number of halogens is 1. The Morgan fingerprint density at radius 3 is 2.45 bits per heavy atom. The predicted molar refractivity (Wildman–Crippen MR) is 119 cm³/mol. The summed E-state index contributed by atoms with van der Waals surface area (Å²) in [5.41, 5.74) is 3.03. The molecule has 0 aliphatic carbocycles. The van der Waals surface area contributed by atoms with Gasteiger partial charge in [0.2, 0.25) is 5.91 Å². The van der Waals surface area contributed by atoms with E-state index in [0.29, 0.717) is 22.1 Å². The Bertz CT molecular complexity index is 1190. The molecule has 154 valence electrons. The van der Waals surface area contributed by atoms with Gasteiger partial charge in [-0.2, -0.15) is 5.10 Å². The molecule has 4 rings (SSSR count). The summed E-state index contributed by atoms with van der Waals surface area (Å²) < 4.78 is 1.55. The molecule has 0 aliphatic heterocycles. The number of hydrogen-bond donors (Lipinski definition) is 2. The number of hydrogen-bond acceptors (Lipinski definition) is 4. The molecular formula is C23H18ClN5O2. The molecule has 0 unspecified atom stereocenters. The predicted octanol–water partition coefficient (Wildman–Crippen LogP) is 3.96. The number of amides is 2. The Morgan fingerprint density at radius 2 is 1.74 bits per heavy atom. The van der Waals surface area contributed by atoms with Crippen LogP contribution in [0, 0.1) is 0 Å². The highest BCUT2D eigenvalue weighted by Gasteiger charge is 2.18. The summed E-state index contributed by atoms with van der Waals surface area (Å²) in [5, 5.41) is 10.5. The zero-order valence-corrected chi connectivity index (χ0v) is 17.1. The highest BCUT2D eigenvalue weighted by molar-refractivity contribution is 6.30. The molecule has 8 heteroatoms. The van der Waals surface area contributed by atoms with Crippen LogP contribution in [0.3, 0.4) is 0 Å². The van der Waals surface area contributed by atoms with E-state index in [-0.39, 0.29) is 12.5 Å². The number of anilines is 1. The fraction of sp³-hybridized carbons (Fsp3) is 0.0435. The lowest BCUT2D eigenvalue weighted by Crippen LogP contribution is -2.34. The minimum Gasteiger partial charge on any atom is -0.342 e. The van der Waals surface area contributed by atoms with E-state index >= 15 is 0 Å². The number of nitrogens with zero attached hydrogens (tertiary/aromatic N) is 3. The maximum Gasteiger partial charge on any atom is 0.270 e. The van der Waals surface area contributed by atoms with E-state index in [4.69, 9.17) is 11.6 Å². The molecule has 0 saturated carbocycles. The minimum absolute atomic E-state index is 0.191. The molecule has 7 nitrogen and oxygen atoms in total. The zero-order valence-electron chi connectivity index (χ0n) is 16.3. The van der Waals surface area contributed by atoms with E-state index in [0.717, 1.165) is 11.3 Å². The van der Waals surface area contributed by atoms with Crippen LogP contribution in [0.25, 0.3) is 16.9 Å². The first-order valence-corrected chi connectivity index (χ1v) is 9.87. The maximum absolute atomic E-state index is 12.9. The number of nitrogens with one attached hydrogen (secondary N) is 2. The average Bonchev–Trinajstić information content (AvgIpc) is 3.25. The van der Waals surface area contributed by atoms with Gasteiger partial charge in [0, 0.05) is 16.8 Å². The van der Waals surface area contributed by atoms with Gasteiger partial charge < -0.3 is 10.6 Å². The fourth-order valence-electron chi connectivity index (χ4n) is 2.96. The van der Waals surface area contributed by atoms with Crippen LogP contribution < -0.4 is 10.6 Å². The lowest BCUT2D eigenvalue weighted by atomic mass is 10.1. The summed E-state index contributed by atoms with van der Waals surface area (Å²) in [4.78, 5) is 29.0. The zero-order chi connectivity index (χ0) is 21.6. The van der Waals surface area contributed by atoms with E-state index in [1.807, 2.05) is 42.5 Å². The molecule has 0 saturated heterocycles. The third-order valence-electron chi connectivity index (χ3n) is 4.44. The van der Waals surface area contributed by atoms with Gasteiger partial charge in [0.15, 0.2) is 0 Å². The normalized spacial score (nSPS) is 10.5. The number of carbonyl (C=O) groups excluding carboxylic acids is 2. The second-order valence-electron chi connectivity index (χ2n) is 6.64. The monoisotopic (exact) mass is 431 g/mol. The molecular weight excluding hydrogens is 414 g/mol. The number of para-hydroxylation sites is 1. The van der Waals surface area contributed by atoms with Crippen molar-refractivity contribution in [2.75, 3.05) is 11.9 Å². The van der Waals surface area contributed by atoms with Gasteiger partial charge in [0.1, 0.15) is 5.69 Å². The van der Waals surface area contributed by atoms with Crippen molar-refractivity contribution in [2.45, 2.75) is 0 Å². The summed E-state index contributed by atoms with van der Waals surface area (Å²) in [6.07, 6.45) is 3.14. The molecule has 2 aromatic heterocycles. The molecule has 4 aromatic rings. The van der Waals surface area contributed by atoms with Gasteiger partial charge in [-0.1, -0.05) is 41.9 Å². The van der Waals surface area contributed by atoms with Gasteiger partial charge in [-0.05, 0) is 42.5 Å². The Morgan fingerprint density at radius 1 is 0.968 bits per heavy atom. The van der Waals surface area contributed by atoms with E-state index in [2.05, 4.69) is 20.7 Å². The third kappa shape index (κ3) is 4.96. The molecule has 2 N–H and O–H groups in total. The standard InChI is InChI=1S/C23H18ClN5O2/c24-17-10-8-16(9-11-17)20-13-21(29(28-20)19-6-2-1-3-7-19)23(31)26-15-22(30)27-18-5-4-12-25-14-18/h1-14H,15H2,(H,26,31)(H,27,30). The van der Waals surface area contributed by atoms with E-state index in [9.17, 15) is 9.59 Å². The molecule has 2 amide bonds.